The Kier molecular flexibility index (Phi) is 5.04. The predicted molar refractivity (Wildman–Crippen MR) is 84.3 cm³/mol. The molecule has 9 heteroatoms. The van der Waals surface area contributed by atoms with E-state index in [9.17, 15) is 17.8 Å². The van der Waals surface area contributed by atoms with Gasteiger partial charge in [-0.3, -0.25) is 20.2 Å². The van der Waals surface area contributed by atoms with Gasteiger partial charge in [0.2, 0.25) is 5.91 Å². The average molecular weight is 334 g/mol. The van der Waals surface area contributed by atoms with Gasteiger partial charge in [0.05, 0.1) is 11.4 Å². The summed E-state index contributed by atoms with van der Waals surface area (Å²) in [6.45, 7) is 1.25. The molecule has 0 aliphatic heterocycles. The molecule has 0 atom stereocenters. The van der Waals surface area contributed by atoms with E-state index in [0.29, 0.717) is 5.69 Å². The van der Waals surface area contributed by atoms with Crippen molar-refractivity contribution in [2.45, 2.75) is 11.8 Å². The zero-order chi connectivity index (χ0) is 16.9. The van der Waals surface area contributed by atoms with Gasteiger partial charge in [-0.2, -0.15) is 13.5 Å². The van der Waals surface area contributed by atoms with Crippen LogP contribution in [0.15, 0.2) is 63.7 Å². The van der Waals surface area contributed by atoms with Crippen LogP contribution in [0.1, 0.15) is 6.92 Å². The Morgan fingerprint density at radius 3 is 2.35 bits per heavy atom. The van der Waals surface area contributed by atoms with Crippen LogP contribution in [0.5, 0.6) is 0 Å². The second-order valence-corrected chi connectivity index (χ2v) is 5.83. The topological polar surface area (TPSA) is 120 Å². The van der Waals surface area contributed by atoms with Gasteiger partial charge in [-0.1, -0.05) is 24.3 Å². The maximum Gasteiger partial charge on any atom is 0.298 e. The first kappa shape index (κ1) is 16.6. The number of anilines is 1. The van der Waals surface area contributed by atoms with E-state index < -0.39 is 20.9 Å². The van der Waals surface area contributed by atoms with E-state index in [4.69, 9.17) is 0 Å². The lowest BCUT2D eigenvalue weighted by Crippen LogP contribution is -2.27. The molecule has 2 aromatic carbocycles. The van der Waals surface area contributed by atoms with E-state index >= 15 is 0 Å². The zero-order valence-electron chi connectivity index (χ0n) is 12.1. The Bertz CT molecular complexity index is 835. The highest BCUT2D eigenvalue weighted by Crippen LogP contribution is 2.32. The number of amides is 1. The number of hydrogen-bond donors (Lipinski definition) is 3. The van der Waals surface area contributed by atoms with Crippen molar-refractivity contribution in [2.75, 3.05) is 5.43 Å². The lowest BCUT2D eigenvalue weighted by atomic mass is 10.3. The first-order valence-electron chi connectivity index (χ1n) is 6.48. The van der Waals surface area contributed by atoms with Gasteiger partial charge in [-0.15, -0.1) is 5.11 Å². The molecule has 120 valence electrons. The fourth-order valence-electron chi connectivity index (χ4n) is 1.73. The molecule has 0 spiro atoms. The maximum atomic E-state index is 11.6. The minimum Gasteiger partial charge on any atom is -0.297 e. The molecule has 0 aromatic heterocycles. The molecular formula is C14H14N4O4S. The van der Waals surface area contributed by atoms with Gasteiger partial charge in [-0.05, 0) is 24.3 Å². The van der Waals surface area contributed by atoms with E-state index in [2.05, 4.69) is 21.1 Å². The molecule has 2 rings (SSSR count). The fraction of sp³-hybridized carbons (Fsp3) is 0.0714. The number of hydrogen-bond acceptors (Lipinski definition) is 6. The molecule has 0 radical (unpaired) electrons. The lowest BCUT2D eigenvalue weighted by molar-refractivity contribution is -0.118. The molecule has 3 N–H and O–H groups in total. The number of rotatable bonds is 5. The third-order valence-corrected chi connectivity index (χ3v) is 3.60. The van der Waals surface area contributed by atoms with E-state index in [1.807, 2.05) is 0 Å². The van der Waals surface area contributed by atoms with Gasteiger partial charge in [0, 0.05) is 6.92 Å². The number of azo groups is 1. The van der Waals surface area contributed by atoms with E-state index in [1.54, 1.807) is 30.3 Å². The highest BCUT2D eigenvalue weighted by atomic mass is 32.2. The monoisotopic (exact) mass is 334 g/mol. The second kappa shape index (κ2) is 6.99. The molecule has 0 aliphatic rings. The molecule has 0 bridgehead atoms. The summed E-state index contributed by atoms with van der Waals surface area (Å²) in [5.41, 5.74) is 5.09. The highest BCUT2D eigenvalue weighted by Gasteiger charge is 2.21. The van der Waals surface area contributed by atoms with Crippen LogP contribution in [-0.4, -0.2) is 18.9 Å². The Morgan fingerprint density at radius 1 is 1.04 bits per heavy atom. The van der Waals surface area contributed by atoms with Crippen molar-refractivity contribution in [3.63, 3.8) is 0 Å². The number of benzene rings is 2. The van der Waals surface area contributed by atoms with Crippen LogP contribution in [0, 0.1) is 0 Å². The molecule has 0 saturated heterocycles. The molecule has 8 nitrogen and oxygen atoms in total. The van der Waals surface area contributed by atoms with Gasteiger partial charge in [0.25, 0.3) is 10.1 Å². The molecular weight excluding hydrogens is 320 g/mol. The van der Waals surface area contributed by atoms with Crippen LogP contribution in [0.25, 0.3) is 0 Å². The second-order valence-electron chi connectivity index (χ2n) is 4.47. The molecule has 23 heavy (non-hydrogen) atoms. The summed E-state index contributed by atoms with van der Waals surface area (Å²) < 4.78 is 32.7. The fourth-order valence-corrected chi connectivity index (χ4v) is 2.50. The SMILES string of the molecule is CC(=O)NNc1cccc(N=Nc2ccccc2)c1S(=O)(=O)O. The quantitative estimate of drug-likeness (QED) is 0.441. The molecule has 0 fully saturated rings. The maximum absolute atomic E-state index is 11.6. The van der Waals surface area contributed by atoms with Gasteiger partial charge in [-0.25, -0.2) is 0 Å². The molecule has 0 unspecified atom stereocenters. The van der Waals surface area contributed by atoms with Crippen molar-refractivity contribution < 1.29 is 17.8 Å². The Balaban J connectivity index is 2.45. The summed E-state index contributed by atoms with van der Waals surface area (Å²) in [5.74, 6) is -0.428. The molecule has 0 saturated carbocycles. The van der Waals surface area contributed by atoms with E-state index in [-0.39, 0.29) is 11.4 Å². The first-order valence-corrected chi connectivity index (χ1v) is 7.92. The van der Waals surface area contributed by atoms with Gasteiger partial charge in [0.1, 0.15) is 10.6 Å². The van der Waals surface area contributed by atoms with Crippen molar-refractivity contribution in [1.29, 1.82) is 0 Å². The smallest absolute Gasteiger partial charge is 0.297 e. The summed E-state index contributed by atoms with van der Waals surface area (Å²) in [5, 5.41) is 7.79. The van der Waals surface area contributed by atoms with Crippen molar-refractivity contribution in [3.8, 4) is 0 Å². The van der Waals surface area contributed by atoms with Gasteiger partial charge < -0.3 is 0 Å². The highest BCUT2D eigenvalue weighted by molar-refractivity contribution is 7.86. The van der Waals surface area contributed by atoms with E-state index in [1.165, 1.54) is 25.1 Å². The third kappa shape index (κ3) is 4.59. The van der Waals surface area contributed by atoms with Crippen molar-refractivity contribution in [1.82, 2.24) is 5.43 Å². The Morgan fingerprint density at radius 2 is 1.74 bits per heavy atom. The largest absolute Gasteiger partial charge is 0.298 e. The predicted octanol–water partition coefficient (Wildman–Crippen LogP) is 2.81. The van der Waals surface area contributed by atoms with Crippen LogP contribution in [-0.2, 0) is 14.9 Å². The van der Waals surface area contributed by atoms with Crippen LogP contribution < -0.4 is 10.9 Å². The number of carbonyl (C=O) groups excluding carboxylic acids is 1. The van der Waals surface area contributed by atoms with Crippen molar-refractivity contribution in [3.05, 3.63) is 48.5 Å². The molecule has 0 aliphatic carbocycles. The standard InChI is InChI=1S/C14H14N4O4S/c1-10(19)15-17-12-8-5-9-13(14(12)23(20,21)22)18-16-11-6-3-2-4-7-11/h2-9,17H,1H3,(H,15,19)(H,20,21,22). The van der Waals surface area contributed by atoms with Crippen LogP contribution in [0.4, 0.5) is 17.1 Å². The summed E-state index contributed by atoms with van der Waals surface area (Å²) in [7, 11) is -4.58. The van der Waals surface area contributed by atoms with Crippen molar-refractivity contribution >= 4 is 33.1 Å². The average Bonchev–Trinajstić information content (AvgIpc) is 2.50. The van der Waals surface area contributed by atoms with Gasteiger partial charge >= 0.3 is 0 Å². The normalized spacial score (nSPS) is 11.4. The number of nitrogens with zero attached hydrogens (tertiary/aromatic N) is 2. The third-order valence-electron chi connectivity index (χ3n) is 2.65. The lowest BCUT2D eigenvalue weighted by Gasteiger charge is -2.11. The van der Waals surface area contributed by atoms with Crippen LogP contribution in [0.3, 0.4) is 0 Å². The zero-order valence-corrected chi connectivity index (χ0v) is 12.9. The minimum atomic E-state index is -4.58. The minimum absolute atomic E-state index is 0.0211. The van der Waals surface area contributed by atoms with E-state index in [0.717, 1.165) is 0 Å². The van der Waals surface area contributed by atoms with Crippen LogP contribution >= 0.6 is 0 Å². The van der Waals surface area contributed by atoms with Crippen molar-refractivity contribution in [2.24, 2.45) is 10.2 Å². The Hall–Kier alpha value is -2.78. The number of nitrogens with one attached hydrogen (secondary N) is 2. The molecule has 0 heterocycles. The Labute approximate surface area is 133 Å². The van der Waals surface area contributed by atoms with Gasteiger partial charge in [0.15, 0.2) is 0 Å². The van der Waals surface area contributed by atoms with Crippen LogP contribution in [0.2, 0.25) is 0 Å². The number of carbonyl (C=O) groups is 1. The summed E-state index contributed by atoms with van der Waals surface area (Å²) in [6.07, 6.45) is 0. The molecule has 2 aromatic rings. The summed E-state index contributed by atoms with van der Waals surface area (Å²) in [4.78, 5) is 10.5. The number of hydrazine groups is 1. The summed E-state index contributed by atoms with van der Waals surface area (Å²) in [6, 6.07) is 13.0. The summed E-state index contributed by atoms with van der Waals surface area (Å²) >= 11 is 0. The first-order chi connectivity index (χ1) is 10.9. The molecule has 1 amide bonds.